The number of anilines is 2. The molecule has 1 heterocycles. The maximum absolute atomic E-state index is 12.0. The van der Waals surface area contributed by atoms with E-state index in [2.05, 4.69) is 5.32 Å². The summed E-state index contributed by atoms with van der Waals surface area (Å²) in [6.45, 7) is 2.13. The highest BCUT2D eigenvalue weighted by atomic mass is 16.2. The van der Waals surface area contributed by atoms with Gasteiger partial charge in [0.05, 0.1) is 6.42 Å². The fourth-order valence-corrected chi connectivity index (χ4v) is 1.98. The van der Waals surface area contributed by atoms with Crippen LogP contribution in [0.25, 0.3) is 0 Å². The van der Waals surface area contributed by atoms with Gasteiger partial charge in [-0.25, -0.2) is 0 Å². The van der Waals surface area contributed by atoms with E-state index in [-0.39, 0.29) is 17.7 Å². The van der Waals surface area contributed by atoms with Crippen LogP contribution in [0.3, 0.4) is 0 Å². The third-order valence-corrected chi connectivity index (χ3v) is 3.21. The Morgan fingerprint density at radius 3 is 2.94 bits per heavy atom. The van der Waals surface area contributed by atoms with Crippen LogP contribution in [0.5, 0.6) is 0 Å². The number of carbonyl (C=O) groups excluding carboxylic acids is 2. The van der Waals surface area contributed by atoms with Gasteiger partial charge in [-0.15, -0.1) is 0 Å². The number of nitrogens with two attached hydrogens (primary N) is 1. The molecule has 1 aliphatic rings. The second-order valence-corrected chi connectivity index (χ2v) is 4.60. The zero-order valence-electron chi connectivity index (χ0n) is 10.6. The fourth-order valence-electron chi connectivity index (χ4n) is 1.98. The van der Waals surface area contributed by atoms with E-state index in [1.165, 1.54) is 0 Å². The Balaban J connectivity index is 2.22. The Bertz CT molecular complexity index is 499. The van der Waals surface area contributed by atoms with Crippen molar-refractivity contribution in [3.8, 4) is 0 Å². The van der Waals surface area contributed by atoms with Gasteiger partial charge in [0.25, 0.3) is 0 Å². The minimum absolute atomic E-state index is 0.00791. The van der Waals surface area contributed by atoms with Crippen molar-refractivity contribution in [2.45, 2.75) is 13.3 Å². The van der Waals surface area contributed by atoms with Gasteiger partial charge in [0.1, 0.15) is 0 Å². The van der Waals surface area contributed by atoms with Crippen LogP contribution in [0.2, 0.25) is 0 Å². The first kappa shape index (κ1) is 12.6. The average molecular weight is 247 g/mol. The first-order valence-corrected chi connectivity index (χ1v) is 5.93. The molecule has 1 unspecified atom stereocenters. The average Bonchev–Trinajstić information content (AvgIpc) is 2.74. The first-order valence-electron chi connectivity index (χ1n) is 5.93. The third-order valence-electron chi connectivity index (χ3n) is 3.21. The monoisotopic (exact) mass is 247 g/mol. The van der Waals surface area contributed by atoms with Crippen molar-refractivity contribution in [2.24, 2.45) is 11.7 Å². The van der Waals surface area contributed by atoms with Crippen LogP contribution in [0.15, 0.2) is 18.2 Å². The Labute approximate surface area is 106 Å². The molecule has 5 heteroatoms. The van der Waals surface area contributed by atoms with Gasteiger partial charge in [-0.05, 0) is 23.8 Å². The van der Waals surface area contributed by atoms with E-state index in [0.717, 1.165) is 16.9 Å². The molecule has 18 heavy (non-hydrogen) atoms. The fraction of sp³-hybridized carbons (Fsp3) is 0.385. The van der Waals surface area contributed by atoms with Crippen molar-refractivity contribution in [1.82, 2.24) is 0 Å². The molecule has 1 aliphatic heterocycles. The maximum atomic E-state index is 12.0. The van der Waals surface area contributed by atoms with Crippen molar-refractivity contribution in [3.05, 3.63) is 23.8 Å². The van der Waals surface area contributed by atoms with E-state index in [0.29, 0.717) is 13.0 Å². The van der Waals surface area contributed by atoms with Gasteiger partial charge in [-0.3, -0.25) is 9.59 Å². The van der Waals surface area contributed by atoms with Crippen LogP contribution < -0.4 is 16.0 Å². The van der Waals surface area contributed by atoms with E-state index < -0.39 is 0 Å². The molecular formula is C13H17N3O2. The number of benzene rings is 1. The number of rotatable bonds is 3. The summed E-state index contributed by atoms with van der Waals surface area (Å²) in [5, 5.41) is 2.76. The summed E-state index contributed by atoms with van der Waals surface area (Å²) < 4.78 is 0. The number of nitrogens with one attached hydrogen (secondary N) is 1. The number of carbonyl (C=O) groups is 2. The van der Waals surface area contributed by atoms with Gasteiger partial charge in [0.2, 0.25) is 11.8 Å². The van der Waals surface area contributed by atoms with Gasteiger partial charge < -0.3 is 16.0 Å². The summed E-state index contributed by atoms with van der Waals surface area (Å²) in [5.74, 6) is -0.232. The molecular weight excluding hydrogens is 230 g/mol. The third kappa shape index (κ3) is 2.22. The normalized spacial score (nSPS) is 14.9. The van der Waals surface area contributed by atoms with Crippen molar-refractivity contribution in [2.75, 3.05) is 23.8 Å². The van der Waals surface area contributed by atoms with Crippen LogP contribution in [-0.4, -0.2) is 25.4 Å². The largest absolute Gasteiger partial charge is 0.330 e. The summed E-state index contributed by atoms with van der Waals surface area (Å²) >= 11 is 0. The highest BCUT2D eigenvalue weighted by Crippen LogP contribution is 2.27. The number of hydrogen-bond acceptors (Lipinski definition) is 3. The Morgan fingerprint density at radius 2 is 2.28 bits per heavy atom. The van der Waals surface area contributed by atoms with E-state index in [9.17, 15) is 9.59 Å². The Morgan fingerprint density at radius 1 is 1.56 bits per heavy atom. The van der Waals surface area contributed by atoms with Crippen molar-refractivity contribution in [1.29, 1.82) is 0 Å². The van der Waals surface area contributed by atoms with Crippen LogP contribution >= 0.6 is 0 Å². The molecule has 96 valence electrons. The predicted molar refractivity (Wildman–Crippen MR) is 70.4 cm³/mol. The molecule has 2 rings (SSSR count). The minimum Gasteiger partial charge on any atom is -0.330 e. The lowest BCUT2D eigenvalue weighted by Crippen LogP contribution is -2.35. The summed E-state index contributed by atoms with van der Waals surface area (Å²) in [6.07, 6.45) is 0.373. The first-order chi connectivity index (χ1) is 8.52. The quantitative estimate of drug-likeness (QED) is 0.827. The predicted octanol–water partition coefficient (Wildman–Crippen LogP) is 0.739. The molecule has 0 radical (unpaired) electrons. The molecule has 2 amide bonds. The highest BCUT2D eigenvalue weighted by Gasteiger charge is 2.21. The van der Waals surface area contributed by atoms with Crippen molar-refractivity contribution in [3.63, 3.8) is 0 Å². The molecule has 0 saturated heterocycles. The van der Waals surface area contributed by atoms with Gasteiger partial charge >= 0.3 is 0 Å². The number of hydrogen-bond donors (Lipinski definition) is 2. The van der Waals surface area contributed by atoms with Crippen LogP contribution in [0.1, 0.15) is 12.5 Å². The van der Waals surface area contributed by atoms with Gasteiger partial charge in [-0.2, -0.15) is 0 Å². The lowest BCUT2D eigenvalue weighted by Gasteiger charge is -2.21. The molecule has 0 spiro atoms. The van der Waals surface area contributed by atoms with Gasteiger partial charge in [0.15, 0.2) is 0 Å². The van der Waals surface area contributed by atoms with Crippen LogP contribution in [0.4, 0.5) is 11.4 Å². The number of amides is 2. The molecule has 0 aromatic heterocycles. The van der Waals surface area contributed by atoms with Crippen molar-refractivity contribution >= 4 is 23.2 Å². The van der Waals surface area contributed by atoms with E-state index in [4.69, 9.17) is 5.73 Å². The zero-order valence-corrected chi connectivity index (χ0v) is 10.6. The van der Waals surface area contributed by atoms with Gasteiger partial charge in [-0.1, -0.05) is 6.92 Å². The minimum atomic E-state index is -0.206. The van der Waals surface area contributed by atoms with Crippen LogP contribution in [-0.2, 0) is 16.0 Å². The molecule has 1 aromatic rings. The maximum Gasteiger partial charge on any atom is 0.230 e. The topological polar surface area (TPSA) is 75.4 Å². The van der Waals surface area contributed by atoms with Crippen LogP contribution in [0, 0.1) is 5.92 Å². The summed E-state index contributed by atoms with van der Waals surface area (Å²) in [5.41, 5.74) is 8.04. The van der Waals surface area contributed by atoms with Crippen molar-refractivity contribution < 1.29 is 9.59 Å². The molecule has 0 fully saturated rings. The summed E-state index contributed by atoms with van der Waals surface area (Å²) in [6, 6.07) is 5.52. The molecule has 1 aromatic carbocycles. The molecule has 1 atom stereocenters. The molecule has 5 nitrogen and oxygen atoms in total. The molecule has 0 saturated carbocycles. The smallest absolute Gasteiger partial charge is 0.230 e. The molecule has 3 N–H and O–H groups in total. The second kappa shape index (κ2) is 4.78. The van der Waals surface area contributed by atoms with E-state index in [1.807, 2.05) is 18.2 Å². The molecule has 0 aliphatic carbocycles. The van der Waals surface area contributed by atoms with E-state index >= 15 is 0 Å². The standard InChI is InChI=1S/C13H17N3O2/c1-8(7-14)13(18)16(2)10-3-4-11-9(5-10)6-12(17)15-11/h3-5,8H,6-7,14H2,1-2H3,(H,15,17). The van der Waals surface area contributed by atoms with Gasteiger partial charge in [0, 0.05) is 30.9 Å². The zero-order chi connectivity index (χ0) is 13.3. The van der Waals surface area contributed by atoms with E-state index in [1.54, 1.807) is 18.9 Å². The lowest BCUT2D eigenvalue weighted by atomic mass is 10.1. The number of nitrogens with zero attached hydrogens (tertiary/aromatic N) is 1. The second-order valence-electron chi connectivity index (χ2n) is 4.60. The summed E-state index contributed by atoms with van der Waals surface area (Å²) in [7, 11) is 1.72. The lowest BCUT2D eigenvalue weighted by molar-refractivity contribution is -0.121. The summed E-state index contributed by atoms with van der Waals surface area (Å²) in [4.78, 5) is 24.8. The highest BCUT2D eigenvalue weighted by molar-refractivity contribution is 6.00. The Kier molecular flexibility index (Phi) is 3.34. The SMILES string of the molecule is CC(CN)C(=O)N(C)c1ccc2c(c1)CC(=O)N2. The number of fused-ring (bicyclic) bond motifs is 1. The molecule has 0 bridgehead atoms. The Hall–Kier alpha value is -1.88.